The average Bonchev–Trinajstić information content (AvgIpc) is 3.39. The van der Waals surface area contributed by atoms with Gasteiger partial charge in [-0.15, -0.1) is 0 Å². The molecular weight excluding hydrogens is 362 g/mol. The Hall–Kier alpha value is -2.47. The molecular formula is C19H17ClF2N2O2. The van der Waals surface area contributed by atoms with Gasteiger partial charge in [0.25, 0.3) is 0 Å². The molecule has 1 saturated carbocycles. The SMILES string of the molecule is O=C(NCCc1cccc(Cl)c1)C1CC1C(=O)Nc1ccc(F)c(F)c1. The molecule has 4 nitrogen and oxygen atoms in total. The number of amides is 2. The van der Waals surface area contributed by atoms with Crippen molar-refractivity contribution < 1.29 is 18.4 Å². The first kappa shape index (κ1) is 18.3. The first-order valence-electron chi connectivity index (χ1n) is 8.22. The van der Waals surface area contributed by atoms with Crippen LogP contribution >= 0.6 is 11.6 Å². The fraction of sp³-hybridized carbons (Fsp3) is 0.263. The summed E-state index contributed by atoms with van der Waals surface area (Å²) in [4.78, 5) is 24.2. The Labute approximate surface area is 154 Å². The number of anilines is 1. The van der Waals surface area contributed by atoms with E-state index in [2.05, 4.69) is 10.6 Å². The van der Waals surface area contributed by atoms with Gasteiger partial charge < -0.3 is 10.6 Å². The fourth-order valence-electron chi connectivity index (χ4n) is 2.74. The minimum absolute atomic E-state index is 0.168. The highest BCUT2D eigenvalue weighted by molar-refractivity contribution is 6.30. The Morgan fingerprint density at radius 2 is 1.81 bits per heavy atom. The molecule has 0 spiro atoms. The van der Waals surface area contributed by atoms with E-state index in [4.69, 9.17) is 11.6 Å². The van der Waals surface area contributed by atoms with Gasteiger partial charge in [0.15, 0.2) is 11.6 Å². The highest BCUT2D eigenvalue weighted by Crippen LogP contribution is 2.39. The summed E-state index contributed by atoms with van der Waals surface area (Å²) in [5, 5.41) is 5.95. The van der Waals surface area contributed by atoms with Crippen LogP contribution in [0.2, 0.25) is 5.02 Å². The van der Waals surface area contributed by atoms with Crippen LogP contribution < -0.4 is 10.6 Å². The predicted molar refractivity (Wildman–Crippen MR) is 94.8 cm³/mol. The maximum atomic E-state index is 13.2. The molecule has 0 radical (unpaired) electrons. The number of carbonyl (C=O) groups is 2. The Kier molecular flexibility index (Phi) is 5.52. The van der Waals surface area contributed by atoms with Crippen LogP contribution in [0.25, 0.3) is 0 Å². The lowest BCUT2D eigenvalue weighted by Crippen LogP contribution is -2.29. The molecule has 2 atom stereocenters. The number of hydrogen-bond donors (Lipinski definition) is 2. The van der Waals surface area contributed by atoms with Crippen molar-refractivity contribution in [2.75, 3.05) is 11.9 Å². The highest BCUT2D eigenvalue weighted by atomic mass is 35.5. The first-order chi connectivity index (χ1) is 12.4. The Morgan fingerprint density at radius 3 is 2.54 bits per heavy atom. The summed E-state index contributed by atoms with van der Waals surface area (Å²) < 4.78 is 26.0. The Bertz CT molecular complexity index is 844. The summed E-state index contributed by atoms with van der Waals surface area (Å²) in [6.07, 6.45) is 1.09. The monoisotopic (exact) mass is 378 g/mol. The molecule has 7 heteroatoms. The molecule has 2 amide bonds. The number of carbonyl (C=O) groups excluding carboxylic acids is 2. The minimum atomic E-state index is -1.03. The van der Waals surface area contributed by atoms with Crippen molar-refractivity contribution in [3.8, 4) is 0 Å². The van der Waals surface area contributed by atoms with Crippen LogP contribution in [0.4, 0.5) is 14.5 Å². The second-order valence-corrected chi connectivity index (χ2v) is 6.67. The van der Waals surface area contributed by atoms with Gasteiger partial charge in [-0.3, -0.25) is 9.59 Å². The van der Waals surface area contributed by atoms with Crippen LogP contribution in [-0.2, 0) is 16.0 Å². The van der Waals surface area contributed by atoms with Gasteiger partial charge in [0.1, 0.15) is 0 Å². The molecule has 1 aliphatic rings. The number of rotatable bonds is 6. The zero-order valence-corrected chi connectivity index (χ0v) is 14.5. The van der Waals surface area contributed by atoms with Gasteiger partial charge in [-0.2, -0.15) is 0 Å². The lowest BCUT2D eigenvalue weighted by Gasteiger charge is -2.07. The number of benzene rings is 2. The van der Waals surface area contributed by atoms with Crippen molar-refractivity contribution in [1.29, 1.82) is 0 Å². The highest BCUT2D eigenvalue weighted by Gasteiger charge is 2.47. The van der Waals surface area contributed by atoms with E-state index in [1.807, 2.05) is 18.2 Å². The van der Waals surface area contributed by atoms with Crippen molar-refractivity contribution >= 4 is 29.1 Å². The van der Waals surface area contributed by atoms with Gasteiger partial charge in [0.05, 0.1) is 11.8 Å². The van der Waals surface area contributed by atoms with Gasteiger partial charge in [-0.1, -0.05) is 23.7 Å². The summed E-state index contributed by atoms with van der Waals surface area (Å²) in [6.45, 7) is 0.452. The Morgan fingerprint density at radius 1 is 1.04 bits per heavy atom. The fourth-order valence-corrected chi connectivity index (χ4v) is 2.95. The van der Waals surface area contributed by atoms with Crippen LogP contribution in [0, 0.1) is 23.5 Å². The second-order valence-electron chi connectivity index (χ2n) is 6.24. The maximum absolute atomic E-state index is 13.2. The normalized spacial score (nSPS) is 18.3. The summed E-state index contributed by atoms with van der Waals surface area (Å²) in [5.41, 5.74) is 1.18. The predicted octanol–water partition coefficient (Wildman–Crippen LogP) is 3.55. The van der Waals surface area contributed by atoms with Crippen LogP contribution in [0.5, 0.6) is 0 Å². The van der Waals surface area contributed by atoms with Gasteiger partial charge in [0, 0.05) is 23.3 Å². The molecule has 2 N–H and O–H groups in total. The third kappa shape index (κ3) is 4.58. The quantitative estimate of drug-likeness (QED) is 0.807. The van der Waals surface area contributed by atoms with Gasteiger partial charge in [-0.25, -0.2) is 8.78 Å². The topological polar surface area (TPSA) is 58.2 Å². The van der Waals surface area contributed by atoms with Gasteiger partial charge >= 0.3 is 0 Å². The molecule has 0 heterocycles. The largest absolute Gasteiger partial charge is 0.356 e. The van der Waals surface area contributed by atoms with Crippen molar-refractivity contribution in [3.05, 3.63) is 64.7 Å². The minimum Gasteiger partial charge on any atom is -0.356 e. The lowest BCUT2D eigenvalue weighted by atomic mass is 10.1. The molecule has 0 aliphatic heterocycles. The van der Waals surface area contributed by atoms with Crippen molar-refractivity contribution in [3.63, 3.8) is 0 Å². The molecule has 2 unspecified atom stereocenters. The molecule has 0 aromatic heterocycles. The zero-order chi connectivity index (χ0) is 18.7. The molecule has 1 fully saturated rings. The van der Waals surface area contributed by atoms with Crippen molar-refractivity contribution in [2.45, 2.75) is 12.8 Å². The van der Waals surface area contributed by atoms with E-state index in [-0.39, 0.29) is 23.4 Å². The van der Waals surface area contributed by atoms with E-state index in [1.165, 1.54) is 6.07 Å². The van der Waals surface area contributed by atoms with E-state index < -0.39 is 17.6 Å². The molecule has 3 rings (SSSR count). The Balaban J connectivity index is 1.44. The van der Waals surface area contributed by atoms with Crippen molar-refractivity contribution in [2.24, 2.45) is 11.8 Å². The van der Waals surface area contributed by atoms with Gasteiger partial charge in [-0.05, 0) is 42.7 Å². The van der Waals surface area contributed by atoms with E-state index in [0.29, 0.717) is 24.4 Å². The summed E-state index contributed by atoms with van der Waals surface area (Å²) in [5.74, 6) is -3.40. The smallest absolute Gasteiger partial charge is 0.228 e. The van der Waals surface area contributed by atoms with E-state index >= 15 is 0 Å². The van der Waals surface area contributed by atoms with E-state index in [1.54, 1.807) is 6.07 Å². The van der Waals surface area contributed by atoms with E-state index in [0.717, 1.165) is 17.7 Å². The standard InChI is InChI=1S/C19H17ClF2N2O2/c20-12-3-1-2-11(8-12)6-7-23-18(25)14-10-15(14)19(26)24-13-4-5-16(21)17(22)9-13/h1-5,8-9,14-15H,6-7,10H2,(H,23,25)(H,24,26). The number of halogens is 3. The third-order valence-corrected chi connectivity index (χ3v) is 4.49. The van der Waals surface area contributed by atoms with Gasteiger partial charge in [0.2, 0.25) is 11.8 Å². The second kappa shape index (κ2) is 7.83. The number of nitrogens with one attached hydrogen (secondary N) is 2. The summed E-state index contributed by atoms with van der Waals surface area (Å²) in [6, 6.07) is 10.5. The summed E-state index contributed by atoms with van der Waals surface area (Å²) >= 11 is 5.91. The van der Waals surface area contributed by atoms with Crippen LogP contribution in [0.3, 0.4) is 0 Å². The third-order valence-electron chi connectivity index (χ3n) is 4.25. The molecule has 0 saturated heterocycles. The van der Waals surface area contributed by atoms with Crippen LogP contribution in [-0.4, -0.2) is 18.4 Å². The van der Waals surface area contributed by atoms with Crippen LogP contribution in [0.1, 0.15) is 12.0 Å². The molecule has 0 bridgehead atoms. The number of hydrogen-bond acceptors (Lipinski definition) is 2. The van der Waals surface area contributed by atoms with E-state index in [9.17, 15) is 18.4 Å². The molecule has 2 aromatic carbocycles. The molecule has 136 valence electrons. The molecule has 1 aliphatic carbocycles. The maximum Gasteiger partial charge on any atom is 0.228 e. The zero-order valence-electron chi connectivity index (χ0n) is 13.8. The molecule has 26 heavy (non-hydrogen) atoms. The average molecular weight is 379 g/mol. The van der Waals surface area contributed by atoms with Crippen LogP contribution in [0.15, 0.2) is 42.5 Å². The molecule has 2 aromatic rings. The lowest BCUT2D eigenvalue weighted by molar-refractivity contribution is -0.125. The summed E-state index contributed by atoms with van der Waals surface area (Å²) in [7, 11) is 0. The first-order valence-corrected chi connectivity index (χ1v) is 8.60. The van der Waals surface area contributed by atoms with Crippen molar-refractivity contribution in [1.82, 2.24) is 5.32 Å².